The van der Waals surface area contributed by atoms with E-state index in [9.17, 15) is 9.59 Å². The third kappa shape index (κ3) is 3.33. The lowest BCUT2D eigenvalue weighted by atomic mass is 10.2. The first kappa shape index (κ1) is 17.3. The number of rotatable bonds is 8. The number of fused-ring (bicyclic) bond motifs is 1. The number of nitrogens with one attached hydrogen (secondary N) is 1. The molecule has 2 heterocycles. The van der Waals surface area contributed by atoms with Gasteiger partial charge in [0.05, 0.1) is 0 Å². The second-order valence-electron chi connectivity index (χ2n) is 5.95. The summed E-state index contributed by atoms with van der Waals surface area (Å²) < 4.78 is 4.52. The van der Waals surface area contributed by atoms with Gasteiger partial charge in [-0.2, -0.15) is 4.98 Å². The lowest BCUT2D eigenvalue weighted by Gasteiger charge is -2.10. The first-order valence-electron chi connectivity index (χ1n) is 8.43. The number of aryl methyl sites for hydroxylation is 2. The molecule has 0 fully saturated rings. The third-order valence-electron chi connectivity index (χ3n) is 4.12. The van der Waals surface area contributed by atoms with Gasteiger partial charge in [-0.15, -0.1) is 0 Å². The van der Waals surface area contributed by atoms with Gasteiger partial charge in [-0.25, -0.2) is 4.79 Å². The van der Waals surface area contributed by atoms with Crippen LogP contribution in [0.4, 0.5) is 5.95 Å². The molecule has 0 bridgehead atoms. The van der Waals surface area contributed by atoms with Crippen LogP contribution in [0.1, 0.15) is 46.0 Å². The standard InChI is InChI=1S/C16H27N5O2/c1-5-7-8-9-11-21-12-13(18-15(21)17-10-6-2)19(3)16(23)20(4)14(12)22/h5-11H2,1-4H3,(H,17,18). The summed E-state index contributed by atoms with van der Waals surface area (Å²) in [6.45, 7) is 5.77. The molecule has 0 atom stereocenters. The first-order chi connectivity index (χ1) is 11.0. The predicted molar refractivity (Wildman–Crippen MR) is 93.1 cm³/mol. The van der Waals surface area contributed by atoms with E-state index in [2.05, 4.69) is 24.1 Å². The zero-order chi connectivity index (χ0) is 17.0. The molecule has 0 saturated carbocycles. The highest BCUT2D eigenvalue weighted by molar-refractivity contribution is 5.74. The average molecular weight is 321 g/mol. The molecular weight excluding hydrogens is 294 g/mol. The molecule has 0 saturated heterocycles. The zero-order valence-corrected chi connectivity index (χ0v) is 14.6. The Balaban J connectivity index is 2.54. The fourth-order valence-electron chi connectivity index (χ4n) is 2.73. The van der Waals surface area contributed by atoms with Crippen LogP contribution in [0.15, 0.2) is 9.59 Å². The number of anilines is 1. The molecule has 0 aliphatic rings. The molecule has 0 unspecified atom stereocenters. The molecule has 0 radical (unpaired) electrons. The topological polar surface area (TPSA) is 73.8 Å². The Morgan fingerprint density at radius 1 is 1.00 bits per heavy atom. The van der Waals surface area contributed by atoms with Gasteiger partial charge >= 0.3 is 5.69 Å². The monoisotopic (exact) mass is 321 g/mol. The lowest BCUT2D eigenvalue weighted by molar-refractivity contribution is 0.590. The highest BCUT2D eigenvalue weighted by atomic mass is 16.2. The van der Waals surface area contributed by atoms with Gasteiger partial charge in [-0.05, 0) is 12.8 Å². The summed E-state index contributed by atoms with van der Waals surface area (Å²) in [7, 11) is 3.17. The molecule has 1 N–H and O–H groups in total. The number of aromatic nitrogens is 4. The van der Waals surface area contributed by atoms with E-state index in [0.717, 1.165) is 36.9 Å². The molecule has 2 rings (SSSR count). The molecule has 7 heteroatoms. The fourth-order valence-corrected chi connectivity index (χ4v) is 2.73. The number of nitrogens with zero attached hydrogens (tertiary/aromatic N) is 4. The van der Waals surface area contributed by atoms with Crippen LogP contribution in [0.2, 0.25) is 0 Å². The van der Waals surface area contributed by atoms with Crippen LogP contribution >= 0.6 is 0 Å². The van der Waals surface area contributed by atoms with E-state index < -0.39 is 0 Å². The maximum absolute atomic E-state index is 12.6. The molecule has 0 aliphatic heterocycles. The van der Waals surface area contributed by atoms with Crippen molar-refractivity contribution in [3.8, 4) is 0 Å². The van der Waals surface area contributed by atoms with E-state index in [1.165, 1.54) is 24.5 Å². The van der Waals surface area contributed by atoms with E-state index >= 15 is 0 Å². The van der Waals surface area contributed by atoms with Crippen LogP contribution in [0.25, 0.3) is 11.2 Å². The van der Waals surface area contributed by atoms with E-state index in [1.807, 2.05) is 4.57 Å². The van der Waals surface area contributed by atoms with Gasteiger partial charge in [0, 0.05) is 27.2 Å². The SMILES string of the molecule is CCCCCCn1c(NCCC)nc2c1c(=O)n(C)c(=O)n2C. The minimum Gasteiger partial charge on any atom is -0.356 e. The Hall–Kier alpha value is -2.05. The maximum atomic E-state index is 12.6. The third-order valence-corrected chi connectivity index (χ3v) is 4.12. The van der Waals surface area contributed by atoms with E-state index in [0.29, 0.717) is 17.1 Å². The normalized spacial score (nSPS) is 11.3. The molecule has 23 heavy (non-hydrogen) atoms. The number of imidazole rings is 1. The van der Waals surface area contributed by atoms with Crippen molar-refractivity contribution in [2.45, 2.75) is 52.5 Å². The van der Waals surface area contributed by atoms with Crippen molar-refractivity contribution >= 4 is 17.1 Å². The Morgan fingerprint density at radius 2 is 1.74 bits per heavy atom. The van der Waals surface area contributed by atoms with Crippen molar-refractivity contribution in [1.82, 2.24) is 18.7 Å². The average Bonchev–Trinajstić information content (AvgIpc) is 2.91. The molecule has 0 aliphatic carbocycles. The van der Waals surface area contributed by atoms with Crippen molar-refractivity contribution in [2.24, 2.45) is 14.1 Å². The van der Waals surface area contributed by atoms with E-state index in [4.69, 9.17) is 0 Å². The summed E-state index contributed by atoms with van der Waals surface area (Å²) in [6.07, 6.45) is 5.43. The highest BCUT2D eigenvalue weighted by Crippen LogP contribution is 2.17. The molecule has 2 aromatic heterocycles. The van der Waals surface area contributed by atoms with Crippen molar-refractivity contribution in [3.63, 3.8) is 0 Å². The minimum atomic E-state index is -0.347. The Morgan fingerprint density at radius 3 is 2.39 bits per heavy atom. The van der Waals surface area contributed by atoms with Gasteiger partial charge in [-0.1, -0.05) is 33.1 Å². The van der Waals surface area contributed by atoms with Gasteiger partial charge in [-0.3, -0.25) is 13.9 Å². The second-order valence-corrected chi connectivity index (χ2v) is 5.95. The quantitative estimate of drug-likeness (QED) is 0.753. The lowest BCUT2D eigenvalue weighted by Crippen LogP contribution is -2.37. The molecule has 7 nitrogen and oxygen atoms in total. The van der Waals surface area contributed by atoms with Crippen molar-refractivity contribution in [2.75, 3.05) is 11.9 Å². The molecule has 0 spiro atoms. The number of unbranched alkanes of at least 4 members (excludes halogenated alkanes) is 3. The molecule has 0 amide bonds. The molecule has 2 aromatic rings. The second kappa shape index (κ2) is 7.48. The maximum Gasteiger partial charge on any atom is 0.332 e. The first-order valence-corrected chi connectivity index (χ1v) is 8.43. The van der Waals surface area contributed by atoms with Gasteiger partial charge < -0.3 is 9.88 Å². The fraction of sp³-hybridized carbons (Fsp3) is 0.688. The van der Waals surface area contributed by atoms with Crippen molar-refractivity contribution in [1.29, 1.82) is 0 Å². The van der Waals surface area contributed by atoms with E-state index in [-0.39, 0.29) is 11.2 Å². The van der Waals surface area contributed by atoms with Crippen molar-refractivity contribution in [3.05, 3.63) is 20.8 Å². The van der Waals surface area contributed by atoms with E-state index in [1.54, 1.807) is 7.05 Å². The van der Waals surface area contributed by atoms with Crippen LogP contribution in [0.5, 0.6) is 0 Å². The van der Waals surface area contributed by atoms with Crippen molar-refractivity contribution < 1.29 is 0 Å². The van der Waals surface area contributed by atoms with Gasteiger partial charge in [0.1, 0.15) is 0 Å². The minimum absolute atomic E-state index is 0.282. The summed E-state index contributed by atoms with van der Waals surface area (Å²) >= 11 is 0. The van der Waals surface area contributed by atoms with Crippen LogP contribution in [0.3, 0.4) is 0 Å². The van der Waals surface area contributed by atoms with Crippen LogP contribution in [-0.4, -0.2) is 25.2 Å². The zero-order valence-electron chi connectivity index (χ0n) is 14.6. The molecular formula is C16H27N5O2. The Kier molecular flexibility index (Phi) is 5.63. The number of hydrogen-bond acceptors (Lipinski definition) is 4. The van der Waals surface area contributed by atoms with Gasteiger partial charge in [0.15, 0.2) is 11.2 Å². The van der Waals surface area contributed by atoms with Crippen LogP contribution < -0.4 is 16.6 Å². The Bertz CT molecular complexity index is 784. The van der Waals surface area contributed by atoms with Gasteiger partial charge in [0.25, 0.3) is 5.56 Å². The highest BCUT2D eigenvalue weighted by Gasteiger charge is 2.18. The predicted octanol–water partition coefficient (Wildman–Crippen LogP) is 1.84. The van der Waals surface area contributed by atoms with Crippen LogP contribution in [-0.2, 0) is 20.6 Å². The summed E-state index contributed by atoms with van der Waals surface area (Å²) in [5.41, 5.74) is 0.327. The summed E-state index contributed by atoms with van der Waals surface area (Å²) in [6, 6.07) is 0. The largest absolute Gasteiger partial charge is 0.356 e. The number of hydrogen-bond donors (Lipinski definition) is 1. The van der Waals surface area contributed by atoms with Gasteiger partial charge in [0.2, 0.25) is 5.95 Å². The molecule has 0 aromatic carbocycles. The summed E-state index contributed by atoms with van der Waals surface area (Å²) in [4.78, 5) is 29.2. The summed E-state index contributed by atoms with van der Waals surface area (Å²) in [5.74, 6) is 0.677. The Labute approximate surface area is 135 Å². The smallest absolute Gasteiger partial charge is 0.332 e. The summed E-state index contributed by atoms with van der Waals surface area (Å²) in [5, 5.41) is 3.27. The molecule has 128 valence electrons. The van der Waals surface area contributed by atoms with Crippen LogP contribution in [0, 0.1) is 0 Å².